The van der Waals surface area contributed by atoms with E-state index in [1.807, 2.05) is 30.5 Å². The molecule has 0 unspecified atom stereocenters. The SMILES string of the molecule is I.NC(=NCc1ccnc2ccccc12)N1CCCCC1. The summed E-state index contributed by atoms with van der Waals surface area (Å²) in [6.45, 7) is 2.68. The first-order chi connectivity index (χ1) is 9.84. The van der Waals surface area contributed by atoms with E-state index in [1.165, 1.54) is 24.8 Å². The number of aromatic nitrogens is 1. The molecule has 0 bridgehead atoms. The molecule has 1 aliphatic rings. The first kappa shape index (κ1) is 16.0. The third kappa shape index (κ3) is 3.84. The van der Waals surface area contributed by atoms with Gasteiger partial charge < -0.3 is 10.6 Å². The number of likely N-dealkylation sites (tertiary alicyclic amines) is 1. The van der Waals surface area contributed by atoms with Gasteiger partial charge in [-0.05, 0) is 37.0 Å². The van der Waals surface area contributed by atoms with Crippen LogP contribution in [0.4, 0.5) is 0 Å². The monoisotopic (exact) mass is 396 g/mol. The fourth-order valence-corrected chi connectivity index (χ4v) is 2.68. The van der Waals surface area contributed by atoms with E-state index in [2.05, 4.69) is 20.9 Å². The number of piperidine rings is 1. The maximum atomic E-state index is 6.10. The molecule has 0 radical (unpaired) electrons. The highest BCUT2D eigenvalue weighted by atomic mass is 127. The van der Waals surface area contributed by atoms with Crippen LogP contribution in [0.25, 0.3) is 10.9 Å². The zero-order chi connectivity index (χ0) is 13.8. The number of nitrogens with zero attached hydrogens (tertiary/aromatic N) is 3. The summed E-state index contributed by atoms with van der Waals surface area (Å²) in [6, 6.07) is 10.2. The third-order valence-corrected chi connectivity index (χ3v) is 3.83. The molecule has 3 rings (SSSR count). The van der Waals surface area contributed by atoms with Crippen LogP contribution in [0.2, 0.25) is 0 Å². The van der Waals surface area contributed by atoms with Crippen LogP contribution < -0.4 is 5.73 Å². The fourth-order valence-electron chi connectivity index (χ4n) is 2.68. The minimum absolute atomic E-state index is 0. The summed E-state index contributed by atoms with van der Waals surface area (Å²) in [5.74, 6) is 0.672. The van der Waals surface area contributed by atoms with Crippen LogP contribution in [0.5, 0.6) is 0 Å². The van der Waals surface area contributed by atoms with Crippen molar-refractivity contribution in [3.63, 3.8) is 0 Å². The van der Waals surface area contributed by atoms with Crippen molar-refractivity contribution in [3.05, 3.63) is 42.1 Å². The molecule has 21 heavy (non-hydrogen) atoms. The van der Waals surface area contributed by atoms with Gasteiger partial charge in [-0.25, -0.2) is 4.99 Å². The molecule has 0 atom stereocenters. The van der Waals surface area contributed by atoms with Gasteiger partial charge in [0.2, 0.25) is 0 Å². The van der Waals surface area contributed by atoms with Gasteiger partial charge in [-0.3, -0.25) is 4.98 Å². The number of pyridine rings is 1. The van der Waals surface area contributed by atoms with E-state index >= 15 is 0 Å². The summed E-state index contributed by atoms with van der Waals surface area (Å²) in [6.07, 6.45) is 5.58. The summed E-state index contributed by atoms with van der Waals surface area (Å²) in [4.78, 5) is 11.1. The second-order valence-corrected chi connectivity index (χ2v) is 5.21. The van der Waals surface area contributed by atoms with Crippen LogP contribution in [-0.4, -0.2) is 28.9 Å². The molecular weight excluding hydrogens is 375 g/mol. The van der Waals surface area contributed by atoms with Gasteiger partial charge in [-0.2, -0.15) is 0 Å². The standard InChI is InChI=1S/C16H20N4.HI/c17-16(20-10-4-1-5-11-20)19-12-13-8-9-18-15-7-3-2-6-14(13)15;/h2-3,6-9H,1,4-5,10-12H2,(H2,17,19);1H. The molecule has 1 fully saturated rings. The Balaban J connectivity index is 0.00000161. The summed E-state index contributed by atoms with van der Waals surface area (Å²) in [7, 11) is 0. The largest absolute Gasteiger partial charge is 0.370 e. The fraction of sp³-hybridized carbons (Fsp3) is 0.375. The first-order valence-electron chi connectivity index (χ1n) is 7.22. The molecule has 0 aliphatic carbocycles. The molecule has 0 spiro atoms. The van der Waals surface area contributed by atoms with Crippen LogP contribution in [0, 0.1) is 0 Å². The Morgan fingerprint density at radius 2 is 1.90 bits per heavy atom. The normalized spacial score (nSPS) is 15.8. The molecule has 1 aliphatic heterocycles. The lowest BCUT2D eigenvalue weighted by Crippen LogP contribution is -2.40. The second kappa shape index (κ2) is 7.59. The van der Waals surface area contributed by atoms with Gasteiger partial charge >= 0.3 is 0 Å². The molecule has 5 heteroatoms. The predicted octanol–water partition coefficient (Wildman–Crippen LogP) is 3.15. The van der Waals surface area contributed by atoms with Crippen molar-refractivity contribution in [3.8, 4) is 0 Å². The van der Waals surface area contributed by atoms with Crippen LogP contribution in [0.1, 0.15) is 24.8 Å². The average molecular weight is 396 g/mol. The van der Waals surface area contributed by atoms with Crippen molar-refractivity contribution in [2.75, 3.05) is 13.1 Å². The molecule has 2 aromatic rings. The van der Waals surface area contributed by atoms with E-state index in [9.17, 15) is 0 Å². The average Bonchev–Trinajstić information content (AvgIpc) is 2.53. The Labute approximate surface area is 142 Å². The highest BCUT2D eigenvalue weighted by molar-refractivity contribution is 14.0. The molecule has 0 amide bonds. The summed E-state index contributed by atoms with van der Waals surface area (Å²) in [5.41, 5.74) is 8.29. The molecule has 112 valence electrons. The number of benzene rings is 1. The number of guanidine groups is 1. The number of para-hydroxylation sites is 1. The molecule has 2 N–H and O–H groups in total. The number of nitrogens with two attached hydrogens (primary N) is 1. The van der Waals surface area contributed by atoms with Gasteiger partial charge in [-0.15, -0.1) is 24.0 Å². The lowest BCUT2D eigenvalue weighted by molar-refractivity contribution is 0.338. The number of rotatable bonds is 2. The molecule has 4 nitrogen and oxygen atoms in total. The highest BCUT2D eigenvalue weighted by Crippen LogP contribution is 2.17. The number of fused-ring (bicyclic) bond motifs is 1. The zero-order valence-corrected chi connectivity index (χ0v) is 14.4. The van der Waals surface area contributed by atoms with Crippen LogP contribution in [-0.2, 0) is 6.54 Å². The maximum absolute atomic E-state index is 6.10. The number of hydrogen-bond donors (Lipinski definition) is 1. The van der Waals surface area contributed by atoms with E-state index in [4.69, 9.17) is 5.73 Å². The summed E-state index contributed by atoms with van der Waals surface area (Å²) >= 11 is 0. The van der Waals surface area contributed by atoms with Gasteiger partial charge in [0.1, 0.15) is 0 Å². The Morgan fingerprint density at radius 3 is 2.71 bits per heavy atom. The minimum atomic E-state index is 0. The van der Waals surface area contributed by atoms with Gasteiger partial charge in [-0.1, -0.05) is 18.2 Å². The second-order valence-electron chi connectivity index (χ2n) is 5.21. The molecule has 1 aromatic carbocycles. The number of hydrogen-bond acceptors (Lipinski definition) is 2. The van der Waals surface area contributed by atoms with E-state index in [0.29, 0.717) is 12.5 Å². The number of aliphatic imine (C=N–C) groups is 1. The maximum Gasteiger partial charge on any atom is 0.191 e. The molecule has 1 aromatic heterocycles. The summed E-state index contributed by atoms with van der Waals surface area (Å²) < 4.78 is 0. The van der Waals surface area contributed by atoms with E-state index in [0.717, 1.165) is 24.0 Å². The van der Waals surface area contributed by atoms with Gasteiger partial charge in [0.15, 0.2) is 5.96 Å². The van der Waals surface area contributed by atoms with Crippen molar-refractivity contribution >= 4 is 40.8 Å². The van der Waals surface area contributed by atoms with Crippen LogP contribution in [0.3, 0.4) is 0 Å². The van der Waals surface area contributed by atoms with E-state index in [-0.39, 0.29) is 24.0 Å². The van der Waals surface area contributed by atoms with Crippen LogP contribution >= 0.6 is 24.0 Å². The molecule has 2 heterocycles. The van der Waals surface area contributed by atoms with Crippen LogP contribution in [0.15, 0.2) is 41.5 Å². The minimum Gasteiger partial charge on any atom is -0.370 e. The van der Waals surface area contributed by atoms with Gasteiger partial charge in [0, 0.05) is 24.7 Å². The Bertz CT molecular complexity index is 615. The number of halogens is 1. The molecular formula is C16H21IN4. The Hall–Kier alpha value is -1.37. The third-order valence-electron chi connectivity index (χ3n) is 3.83. The van der Waals surface area contributed by atoms with E-state index in [1.54, 1.807) is 0 Å². The Morgan fingerprint density at radius 1 is 1.14 bits per heavy atom. The molecule has 0 saturated carbocycles. The Kier molecular flexibility index (Phi) is 5.78. The highest BCUT2D eigenvalue weighted by Gasteiger charge is 2.11. The lowest BCUT2D eigenvalue weighted by atomic mass is 10.1. The van der Waals surface area contributed by atoms with E-state index < -0.39 is 0 Å². The zero-order valence-electron chi connectivity index (χ0n) is 12.0. The summed E-state index contributed by atoms with van der Waals surface area (Å²) in [5, 5.41) is 1.16. The van der Waals surface area contributed by atoms with Crippen molar-refractivity contribution in [2.45, 2.75) is 25.8 Å². The van der Waals surface area contributed by atoms with Crippen molar-refractivity contribution in [1.82, 2.24) is 9.88 Å². The molecule has 1 saturated heterocycles. The topological polar surface area (TPSA) is 54.5 Å². The lowest BCUT2D eigenvalue weighted by Gasteiger charge is -2.27. The van der Waals surface area contributed by atoms with Gasteiger partial charge in [0.05, 0.1) is 12.1 Å². The van der Waals surface area contributed by atoms with Crippen molar-refractivity contribution < 1.29 is 0 Å². The van der Waals surface area contributed by atoms with Gasteiger partial charge in [0.25, 0.3) is 0 Å². The van der Waals surface area contributed by atoms with Crippen molar-refractivity contribution in [2.24, 2.45) is 10.7 Å². The quantitative estimate of drug-likeness (QED) is 0.482. The first-order valence-corrected chi connectivity index (χ1v) is 7.22. The predicted molar refractivity (Wildman–Crippen MR) is 97.9 cm³/mol. The smallest absolute Gasteiger partial charge is 0.191 e. The van der Waals surface area contributed by atoms with Crippen molar-refractivity contribution in [1.29, 1.82) is 0 Å².